The van der Waals surface area contributed by atoms with Gasteiger partial charge >= 0.3 is 0 Å². The van der Waals surface area contributed by atoms with Crippen LogP contribution < -0.4 is 0 Å². The predicted octanol–water partition coefficient (Wildman–Crippen LogP) is 11.0. The van der Waals surface area contributed by atoms with Crippen molar-refractivity contribution < 1.29 is 0 Å². The maximum Gasteiger partial charge on any atom is 0.139 e. The molecule has 0 saturated heterocycles. The summed E-state index contributed by atoms with van der Waals surface area (Å²) in [5, 5.41) is 0. The molecule has 0 rings (SSSR count). The van der Waals surface area contributed by atoms with E-state index in [-0.39, 0.29) is 0 Å². The van der Waals surface area contributed by atoms with E-state index in [0.29, 0.717) is 0 Å². The molecule has 0 nitrogen and oxygen atoms in total. The van der Waals surface area contributed by atoms with Crippen LogP contribution in [0.5, 0.6) is 0 Å². The van der Waals surface area contributed by atoms with Crippen LogP contribution in [-0.2, 0) is 0 Å². The fourth-order valence-corrected chi connectivity index (χ4v) is 3.49. The molecule has 4 heteroatoms. The predicted molar refractivity (Wildman–Crippen MR) is 165 cm³/mol. The molecular weight excluding hydrogens is 380 g/mol. The first-order chi connectivity index (χ1) is 15.3. The quantitative estimate of drug-likeness (QED) is 0.163. The van der Waals surface area contributed by atoms with E-state index in [4.69, 9.17) is 0 Å². The molecule has 0 heterocycles. The van der Waals surface area contributed by atoms with E-state index in [1.165, 1.54) is 88.9 Å². The van der Waals surface area contributed by atoms with Crippen molar-refractivity contribution in [2.45, 2.75) is 172 Å². The first-order valence-corrected chi connectivity index (χ1v) is 14.9. The minimum atomic E-state index is 0.898. The summed E-state index contributed by atoms with van der Waals surface area (Å²) in [5.74, 6) is 1.83. The minimum Gasteiger partial charge on any atom is -0.0831 e. The second-order valence-corrected chi connectivity index (χ2v) is 9.83. The maximum atomic E-state index is 2.36. The van der Waals surface area contributed by atoms with Crippen LogP contribution in [0.2, 0.25) is 63.2 Å². The van der Waals surface area contributed by atoms with Gasteiger partial charge in [-0.3, -0.25) is 0 Å². The monoisotopic (exact) mass is 447 g/mol. The molecule has 0 amide bonds. The van der Waals surface area contributed by atoms with Gasteiger partial charge in [0.15, 0.2) is 0 Å². The van der Waals surface area contributed by atoms with E-state index in [0.717, 1.165) is 25.3 Å². The summed E-state index contributed by atoms with van der Waals surface area (Å²) in [6, 6.07) is 0. The van der Waals surface area contributed by atoms with Gasteiger partial charge in [0.05, 0.1) is 0 Å². The molecule has 2 radical (unpaired) electrons. The maximum absolute atomic E-state index is 2.36. The van der Waals surface area contributed by atoms with Gasteiger partial charge in [-0.1, -0.05) is 184 Å². The smallest absolute Gasteiger partial charge is 0.0831 e. The van der Waals surface area contributed by atoms with Gasteiger partial charge in [-0.25, -0.2) is 0 Å². The van der Waals surface area contributed by atoms with Crippen molar-refractivity contribution in [2.75, 3.05) is 0 Å². The van der Waals surface area contributed by atoms with Crippen LogP contribution in [-0.4, -0.2) is 28.0 Å². The first-order valence-electron chi connectivity index (χ1n) is 14.9. The van der Waals surface area contributed by atoms with Crippen LogP contribution in [0, 0.1) is 11.8 Å². The molecule has 0 aromatic carbocycles. The van der Waals surface area contributed by atoms with Crippen molar-refractivity contribution in [3.8, 4) is 0 Å². The molecule has 2 atom stereocenters. The summed E-state index contributed by atoms with van der Waals surface area (Å²) < 4.78 is 0. The SMILES string of the molecule is CCB(CC)CC(C)CC.CCCB(CC)CC.CC[B]CC(C)CC.CC[B]CCC. The zero-order valence-electron chi connectivity index (χ0n) is 25.4. The Morgan fingerprint density at radius 2 is 1.03 bits per heavy atom. The fraction of sp³-hybridized carbons (Fsp3) is 1.00. The molecule has 0 aromatic rings. The van der Waals surface area contributed by atoms with Gasteiger partial charge in [0, 0.05) is 0 Å². The minimum absolute atomic E-state index is 0.898. The zero-order valence-corrected chi connectivity index (χ0v) is 25.4. The van der Waals surface area contributed by atoms with Crippen molar-refractivity contribution in [3.63, 3.8) is 0 Å². The average Bonchev–Trinajstić information content (AvgIpc) is 2.83. The van der Waals surface area contributed by atoms with Crippen molar-refractivity contribution >= 4 is 28.0 Å². The van der Waals surface area contributed by atoms with E-state index >= 15 is 0 Å². The Labute approximate surface area is 211 Å². The summed E-state index contributed by atoms with van der Waals surface area (Å²) in [4.78, 5) is 0. The van der Waals surface area contributed by atoms with E-state index in [1.807, 2.05) is 0 Å². The van der Waals surface area contributed by atoms with Gasteiger partial charge < -0.3 is 0 Å². The molecule has 0 fully saturated rings. The highest BCUT2D eigenvalue weighted by atomic mass is 14.0. The standard InChI is InChI=1S/C9H21B.C7H16B.C7H17B.C5H12B/c1-5-9(4)8-10(6-2)7-3;1-4-7(3)6-8-5-2;1-4-7-8(5-2)6-3;1-3-5-6-4-2/h9H,5-8H2,1-4H3;7H,4-6H2,1-3H3;4-7H2,1-3H3;3-5H2,1-2H3. The van der Waals surface area contributed by atoms with E-state index in [2.05, 4.69) is 97.6 Å². The highest BCUT2D eigenvalue weighted by molar-refractivity contribution is 6.58. The lowest BCUT2D eigenvalue weighted by Crippen LogP contribution is -2.12. The average molecular weight is 446 g/mol. The Balaban J connectivity index is -0.000000166. The highest BCUT2D eigenvalue weighted by Gasteiger charge is 2.11. The van der Waals surface area contributed by atoms with Crippen LogP contribution in [0.3, 0.4) is 0 Å². The third-order valence-electron chi connectivity index (χ3n) is 6.78. The summed E-state index contributed by atoms with van der Waals surface area (Å²) in [6.45, 7) is 29.2. The first kappa shape index (κ1) is 39.5. The van der Waals surface area contributed by atoms with E-state index in [9.17, 15) is 0 Å². The lowest BCUT2D eigenvalue weighted by Gasteiger charge is -2.13. The third kappa shape index (κ3) is 37.6. The summed E-state index contributed by atoms with van der Waals surface area (Å²) >= 11 is 0. The van der Waals surface area contributed by atoms with Crippen LogP contribution in [0.15, 0.2) is 0 Å². The lowest BCUT2D eigenvalue weighted by molar-refractivity contribution is 0.617. The molecule has 0 spiro atoms. The lowest BCUT2D eigenvalue weighted by atomic mass is 9.42. The Morgan fingerprint density at radius 3 is 1.28 bits per heavy atom. The van der Waals surface area contributed by atoms with Crippen molar-refractivity contribution in [3.05, 3.63) is 0 Å². The van der Waals surface area contributed by atoms with E-state index in [1.54, 1.807) is 0 Å². The van der Waals surface area contributed by atoms with Gasteiger partial charge in [0.1, 0.15) is 28.0 Å². The fourth-order valence-electron chi connectivity index (χ4n) is 3.49. The molecule has 2 unspecified atom stereocenters. The third-order valence-corrected chi connectivity index (χ3v) is 6.78. The molecule has 0 saturated carbocycles. The number of hydrogen-bond acceptors (Lipinski definition) is 0. The van der Waals surface area contributed by atoms with Crippen LogP contribution >= 0.6 is 0 Å². The second kappa shape index (κ2) is 35.8. The molecule has 0 aliphatic rings. The molecule has 0 aromatic heterocycles. The van der Waals surface area contributed by atoms with Crippen LogP contribution in [0.4, 0.5) is 0 Å². The van der Waals surface area contributed by atoms with Gasteiger partial charge in [0.25, 0.3) is 0 Å². The zero-order chi connectivity index (χ0) is 25.6. The number of hydrogen-bond donors (Lipinski definition) is 0. The normalized spacial score (nSPS) is 11.4. The molecule has 32 heavy (non-hydrogen) atoms. The van der Waals surface area contributed by atoms with Gasteiger partial charge in [-0.15, -0.1) is 0 Å². The Morgan fingerprint density at radius 1 is 0.562 bits per heavy atom. The molecule has 0 aliphatic heterocycles. The number of rotatable bonds is 16. The largest absolute Gasteiger partial charge is 0.139 e. The molecular formula is C28H66B4. The molecule has 0 bridgehead atoms. The Kier molecular flexibility index (Phi) is 44.2. The van der Waals surface area contributed by atoms with Gasteiger partial charge in [-0.05, 0) is 0 Å². The van der Waals surface area contributed by atoms with Gasteiger partial charge in [0.2, 0.25) is 0 Å². The summed E-state index contributed by atoms with van der Waals surface area (Å²) in [5.41, 5.74) is 0. The summed E-state index contributed by atoms with van der Waals surface area (Å²) in [6.07, 6.45) is 18.7. The van der Waals surface area contributed by atoms with E-state index < -0.39 is 0 Å². The van der Waals surface area contributed by atoms with Crippen LogP contribution in [0.25, 0.3) is 0 Å². The van der Waals surface area contributed by atoms with Crippen LogP contribution in [0.1, 0.15) is 109 Å². The summed E-state index contributed by atoms with van der Waals surface area (Å²) in [7, 11) is 4.66. The molecule has 0 N–H and O–H groups in total. The van der Waals surface area contributed by atoms with Gasteiger partial charge in [-0.2, -0.15) is 0 Å². The highest BCUT2D eigenvalue weighted by Crippen LogP contribution is 2.15. The Bertz CT molecular complexity index is 275. The molecule has 190 valence electrons. The molecule has 0 aliphatic carbocycles. The van der Waals surface area contributed by atoms with Crippen molar-refractivity contribution in [2.24, 2.45) is 11.8 Å². The topological polar surface area (TPSA) is 0 Å². The van der Waals surface area contributed by atoms with Crippen molar-refractivity contribution in [1.29, 1.82) is 0 Å². The Hall–Kier alpha value is 0.260. The second-order valence-electron chi connectivity index (χ2n) is 9.83. The van der Waals surface area contributed by atoms with Crippen molar-refractivity contribution in [1.82, 2.24) is 0 Å².